The van der Waals surface area contributed by atoms with Crippen LogP contribution in [0.25, 0.3) is 5.69 Å². The van der Waals surface area contributed by atoms with Gasteiger partial charge >= 0.3 is 5.69 Å². The molecule has 12 nitrogen and oxygen atoms in total. The topological polar surface area (TPSA) is 154 Å². The normalized spacial score (nSPS) is 10.9. The Kier molecular flexibility index (Phi) is 5.83. The number of nitrogens with zero attached hydrogens (tertiary/aromatic N) is 7. The van der Waals surface area contributed by atoms with Crippen molar-refractivity contribution in [3.05, 3.63) is 72.1 Å². The van der Waals surface area contributed by atoms with Gasteiger partial charge in [-0.1, -0.05) is 0 Å². The molecule has 0 bridgehead atoms. The van der Waals surface area contributed by atoms with Crippen molar-refractivity contribution >= 4 is 45.9 Å². The Balaban J connectivity index is 1.72. The van der Waals surface area contributed by atoms with Crippen molar-refractivity contribution in [3.8, 4) is 5.69 Å². The Labute approximate surface area is 170 Å². The van der Waals surface area contributed by atoms with Crippen LogP contribution in [0.5, 0.6) is 0 Å². The molecular formula is C15H11IN8O4. The Morgan fingerprint density at radius 1 is 1.14 bits per heavy atom. The maximum atomic E-state index is 11.1. The predicted octanol–water partition coefficient (Wildman–Crippen LogP) is 2.72. The first-order valence-electron chi connectivity index (χ1n) is 7.69. The monoisotopic (exact) mass is 494 g/mol. The van der Waals surface area contributed by atoms with Crippen LogP contribution in [0.2, 0.25) is 0 Å². The number of nitro groups is 2. The second-order valence-corrected chi connectivity index (χ2v) is 6.57. The molecule has 13 heteroatoms. The minimum Gasteiger partial charge on any atom is -0.272 e. The fourth-order valence-corrected chi connectivity index (χ4v) is 2.60. The molecule has 1 N–H and O–H groups in total. The number of benzene rings is 2. The number of tetrazole rings is 1. The molecule has 3 rings (SSSR count). The maximum Gasteiger partial charge on any atom is 0.301 e. The average molecular weight is 494 g/mol. The van der Waals surface area contributed by atoms with E-state index in [-0.39, 0.29) is 17.8 Å². The van der Waals surface area contributed by atoms with E-state index in [1.165, 1.54) is 12.3 Å². The second kappa shape index (κ2) is 8.47. The van der Waals surface area contributed by atoms with Crippen molar-refractivity contribution in [1.82, 2.24) is 20.2 Å². The zero-order valence-electron chi connectivity index (χ0n) is 14.0. The molecule has 0 aliphatic heterocycles. The number of halogens is 1. The van der Waals surface area contributed by atoms with Gasteiger partial charge < -0.3 is 0 Å². The van der Waals surface area contributed by atoms with E-state index >= 15 is 0 Å². The van der Waals surface area contributed by atoms with Crippen LogP contribution in [-0.4, -0.2) is 36.3 Å². The zero-order valence-corrected chi connectivity index (χ0v) is 16.1. The summed E-state index contributed by atoms with van der Waals surface area (Å²) < 4.78 is 2.63. The van der Waals surface area contributed by atoms with E-state index in [0.717, 1.165) is 21.4 Å². The molecule has 1 aromatic heterocycles. The fraction of sp³-hybridized carbons (Fsp3) is 0.0667. The number of aromatic nitrogens is 4. The molecule has 0 atom stereocenters. The average Bonchev–Trinajstić information content (AvgIpc) is 3.14. The molecular weight excluding hydrogens is 483 g/mol. The lowest BCUT2D eigenvalue weighted by atomic mass is 10.2. The lowest BCUT2D eigenvalue weighted by Gasteiger charge is -2.03. The Morgan fingerprint density at radius 3 is 2.57 bits per heavy atom. The Hall–Kier alpha value is -3.49. The van der Waals surface area contributed by atoms with E-state index in [1.54, 1.807) is 4.68 Å². The lowest BCUT2D eigenvalue weighted by Crippen LogP contribution is -2.05. The van der Waals surface area contributed by atoms with Gasteiger partial charge in [-0.3, -0.25) is 25.7 Å². The van der Waals surface area contributed by atoms with Crippen LogP contribution in [0, 0.1) is 23.8 Å². The third kappa shape index (κ3) is 4.43. The van der Waals surface area contributed by atoms with Gasteiger partial charge in [-0.25, -0.2) is 0 Å². The quantitative estimate of drug-likeness (QED) is 0.228. The van der Waals surface area contributed by atoms with Crippen LogP contribution in [-0.2, 0) is 6.42 Å². The van der Waals surface area contributed by atoms with Gasteiger partial charge in [0.15, 0.2) is 5.82 Å². The van der Waals surface area contributed by atoms with Crippen LogP contribution in [0.1, 0.15) is 5.82 Å². The highest BCUT2D eigenvalue weighted by molar-refractivity contribution is 14.1. The minimum atomic E-state index is -0.720. The third-order valence-electron chi connectivity index (χ3n) is 3.54. The molecule has 0 saturated carbocycles. The third-order valence-corrected chi connectivity index (χ3v) is 4.26. The molecule has 28 heavy (non-hydrogen) atoms. The molecule has 1 heterocycles. The number of nitrogens with one attached hydrogen (secondary N) is 1. The molecule has 142 valence electrons. The maximum absolute atomic E-state index is 11.1. The van der Waals surface area contributed by atoms with Gasteiger partial charge in [0.05, 0.1) is 21.6 Å². The Morgan fingerprint density at radius 2 is 1.89 bits per heavy atom. The van der Waals surface area contributed by atoms with Gasteiger partial charge in [-0.15, -0.1) is 5.10 Å². The highest BCUT2D eigenvalue weighted by Crippen LogP contribution is 2.28. The van der Waals surface area contributed by atoms with Gasteiger partial charge in [0.1, 0.15) is 5.69 Å². The van der Waals surface area contributed by atoms with Gasteiger partial charge in [-0.2, -0.15) is 9.78 Å². The highest BCUT2D eigenvalue weighted by atomic mass is 127. The summed E-state index contributed by atoms with van der Waals surface area (Å²) in [6.07, 6.45) is 1.70. The van der Waals surface area contributed by atoms with E-state index in [4.69, 9.17) is 0 Å². The molecule has 3 aromatic rings. The molecule has 0 fully saturated rings. The van der Waals surface area contributed by atoms with Crippen molar-refractivity contribution < 1.29 is 9.85 Å². The zero-order chi connectivity index (χ0) is 20.1. The highest BCUT2D eigenvalue weighted by Gasteiger charge is 2.19. The molecule has 0 aliphatic carbocycles. The molecule has 2 aromatic carbocycles. The van der Waals surface area contributed by atoms with E-state index < -0.39 is 15.5 Å². The standard InChI is InChI=1S/C15H11IN8O4/c16-10-1-3-11(4-2-10)22-15(19-20-21-22)7-8-17-18-13-6-5-12(23(25)26)9-14(13)24(27)28/h1-6,8-9,18H,7H2/b17-8-. The SMILES string of the molecule is O=[N+]([O-])c1ccc(N/N=C\Cc2nnnn2-c2ccc(I)cc2)c([N+](=O)[O-])c1. The summed E-state index contributed by atoms with van der Waals surface area (Å²) in [5.41, 5.74) is 2.51. The summed E-state index contributed by atoms with van der Waals surface area (Å²) in [6.45, 7) is 0. The summed E-state index contributed by atoms with van der Waals surface area (Å²) in [7, 11) is 0. The minimum absolute atomic E-state index is 0.0316. The summed E-state index contributed by atoms with van der Waals surface area (Å²) >= 11 is 2.19. The number of hydrogen-bond donors (Lipinski definition) is 1. The van der Waals surface area contributed by atoms with Crippen LogP contribution in [0.4, 0.5) is 17.1 Å². The van der Waals surface area contributed by atoms with Crippen LogP contribution in [0.3, 0.4) is 0 Å². The summed E-state index contributed by atoms with van der Waals surface area (Å²) in [5, 5.41) is 37.3. The number of anilines is 1. The van der Waals surface area contributed by atoms with Crippen molar-refractivity contribution in [2.24, 2.45) is 5.10 Å². The molecule has 0 spiro atoms. The first-order valence-corrected chi connectivity index (χ1v) is 8.77. The van der Waals surface area contributed by atoms with Gasteiger partial charge in [0.2, 0.25) is 0 Å². The van der Waals surface area contributed by atoms with E-state index in [1.807, 2.05) is 24.3 Å². The number of hydrazone groups is 1. The number of rotatable bonds is 7. The first-order chi connectivity index (χ1) is 13.5. The summed E-state index contributed by atoms with van der Waals surface area (Å²) in [6, 6.07) is 10.8. The van der Waals surface area contributed by atoms with Crippen LogP contribution in [0.15, 0.2) is 47.6 Å². The predicted molar refractivity (Wildman–Crippen MR) is 107 cm³/mol. The van der Waals surface area contributed by atoms with Crippen LogP contribution >= 0.6 is 22.6 Å². The molecule has 0 amide bonds. The molecule has 0 radical (unpaired) electrons. The largest absolute Gasteiger partial charge is 0.301 e. The molecule has 0 saturated heterocycles. The van der Waals surface area contributed by atoms with Crippen molar-refractivity contribution in [2.45, 2.75) is 6.42 Å². The van der Waals surface area contributed by atoms with Gasteiger partial charge in [-0.05, 0) is 63.3 Å². The van der Waals surface area contributed by atoms with Crippen molar-refractivity contribution in [1.29, 1.82) is 0 Å². The van der Waals surface area contributed by atoms with E-state index in [2.05, 4.69) is 48.6 Å². The number of hydrogen-bond acceptors (Lipinski definition) is 9. The van der Waals surface area contributed by atoms with Gasteiger partial charge in [0.25, 0.3) is 5.69 Å². The second-order valence-electron chi connectivity index (χ2n) is 5.33. The van der Waals surface area contributed by atoms with E-state index in [0.29, 0.717) is 5.82 Å². The smallest absolute Gasteiger partial charge is 0.272 e. The van der Waals surface area contributed by atoms with Crippen LogP contribution < -0.4 is 5.43 Å². The summed E-state index contributed by atoms with van der Waals surface area (Å²) in [4.78, 5) is 20.4. The lowest BCUT2D eigenvalue weighted by molar-refractivity contribution is -0.393. The molecule has 0 aliphatic rings. The Bertz CT molecular complexity index is 1050. The number of non-ortho nitro benzene ring substituents is 1. The van der Waals surface area contributed by atoms with Gasteiger partial charge in [0, 0.05) is 22.3 Å². The van der Waals surface area contributed by atoms with Crippen molar-refractivity contribution in [2.75, 3.05) is 5.43 Å². The number of nitro benzene ring substituents is 2. The summed E-state index contributed by atoms with van der Waals surface area (Å²) in [5.74, 6) is 0.518. The van der Waals surface area contributed by atoms with Crippen molar-refractivity contribution in [3.63, 3.8) is 0 Å². The fourth-order valence-electron chi connectivity index (χ4n) is 2.24. The molecule has 0 unspecified atom stereocenters. The van der Waals surface area contributed by atoms with E-state index in [9.17, 15) is 20.2 Å². The first kappa shape index (κ1) is 19.3.